The van der Waals surface area contributed by atoms with E-state index in [0.717, 1.165) is 5.56 Å². The molecule has 3 N–H and O–H groups in total. The number of hydrogen-bond donors (Lipinski definition) is 2. The summed E-state index contributed by atoms with van der Waals surface area (Å²) >= 11 is 0. The predicted octanol–water partition coefficient (Wildman–Crippen LogP) is 0.877. The Morgan fingerprint density at radius 1 is 1.50 bits per heavy atom. The Labute approximate surface area is 95.9 Å². The molecule has 0 heterocycles. The van der Waals surface area contributed by atoms with Crippen LogP contribution in [0.2, 0.25) is 0 Å². The van der Waals surface area contributed by atoms with Crippen LogP contribution in [0.4, 0.5) is 5.69 Å². The van der Waals surface area contributed by atoms with Gasteiger partial charge in [0.2, 0.25) is 10.0 Å². The molecule has 4 nitrogen and oxygen atoms in total. The molecule has 16 heavy (non-hydrogen) atoms. The Bertz CT molecular complexity index is 529. The van der Waals surface area contributed by atoms with Crippen LogP contribution in [-0.4, -0.2) is 14.5 Å². The van der Waals surface area contributed by atoms with Crippen molar-refractivity contribution in [3.05, 3.63) is 23.8 Å². The normalized spacial score (nSPS) is 13.1. The highest BCUT2D eigenvalue weighted by Gasteiger charge is 2.18. The monoisotopic (exact) mass is 238 g/mol. The highest BCUT2D eigenvalue weighted by atomic mass is 32.2. The lowest BCUT2D eigenvalue weighted by atomic mass is 10.2. The van der Waals surface area contributed by atoms with Crippen LogP contribution in [0.1, 0.15) is 12.5 Å². The van der Waals surface area contributed by atoms with Gasteiger partial charge in [0.05, 0.1) is 11.7 Å². The minimum Gasteiger partial charge on any atom is -0.398 e. The molecule has 0 aromatic heterocycles. The summed E-state index contributed by atoms with van der Waals surface area (Å²) in [4.78, 5) is 0.0557. The van der Waals surface area contributed by atoms with E-state index in [0.29, 0.717) is 0 Å². The van der Waals surface area contributed by atoms with Gasteiger partial charge in [-0.25, -0.2) is 8.42 Å². The van der Waals surface area contributed by atoms with E-state index in [1.807, 2.05) is 6.92 Å². The Balaban J connectivity index is 3.14. The molecule has 0 saturated heterocycles. The maximum Gasteiger partial charge on any atom is 0.243 e. The van der Waals surface area contributed by atoms with E-state index >= 15 is 0 Å². The van der Waals surface area contributed by atoms with Crippen molar-refractivity contribution < 1.29 is 8.42 Å². The Morgan fingerprint density at radius 3 is 2.62 bits per heavy atom. The standard InChI is InChI=1S/C11H14N2O2S/c1-4-9(3)13-16(14,15)11-6-5-8(2)7-10(11)12/h1,5-7,9,13H,12H2,2-3H3. The Hall–Kier alpha value is -1.51. The van der Waals surface area contributed by atoms with Crippen LogP contribution in [0, 0.1) is 19.3 Å². The number of hydrogen-bond acceptors (Lipinski definition) is 3. The molecular formula is C11H14N2O2S. The molecule has 0 aliphatic carbocycles. The number of benzene rings is 1. The van der Waals surface area contributed by atoms with Crippen molar-refractivity contribution in [2.75, 3.05) is 5.73 Å². The molecule has 1 unspecified atom stereocenters. The highest BCUT2D eigenvalue weighted by Crippen LogP contribution is 2.19. The summed E-state index contributed by atoms with van der Waals surface area (Å²) in [7, 11) is -3.64. The van der Waals surface area contributed by atoms with E-state index in [1.165, 1.54) is 6.07 Å². The molecule has 1 atom stereocenters. The van der Waals surface area contributed by atoms with Crippen molar-refractivity contribution in [3.63, 3.8) is 0 Å². The Kier molecular flexibility index (Phi) is 3.58. The molecule has 0 radical (unpaired) electrons. The number of aryl methyl sites for hydroxylation is 1. The zero-order valence-corrected chi connectivity index (χ0v) is 10.0. The molecule has 0 spiro atoms. The van der Waals surface area contributed by atoms with E-state index in [4.69, 9.17) is 12.2 Å². The van der Waals surface area contributed by atoms with Crippen molar-refractivity contribution in [2.24, 2.45) is 0 Å². The lowest BCUT2D eigenvalue weighted by Crippen LogP contribution is -2.31. The number of anilines is 1. The first-order valence-corrected chi connectivity index (χ1v) is 6.19. The number of nitrogens with two attached hydrogens (primary N) is 1. The lowest BCUT2D eigenvalue weighted by molar-refractivity contribution is 0.578. The molecule has 0 aliphatic heterocycles. The first-order valence-electron chi connectivity index (χ1n) is 4.71. The van der Waals surface area contributed by atoms with Crippen LogP contribution in [0.25, 0.3) is 0 Å². The predicted molar refractivity (Wildman–Crippen MR) is 64.2 cm³/mol. The fourth-order valence-electron chi connectivity index (χ4n) is 1.24. The van der Waals surface area contributed by atoms with Crippen molar-refractivity contribution in [1.29, 1.82) is 0 Å². The van der Waals surface area contributed by atoms with Crippen molar-refractivity contribution in [1.82, 2.24) is 4.72 Å². The third-order valence-corrected chi connectivity index (χ3v) is 3.65. The molecular weight excluding hydrogens is 224 g/mol. The molecule has 86 valence electrons. The van der Waals surface area contributed by atoms with Gasteiger partial charge in [0.15, 0.2) is 0 Å². The molecule has 0 aliphatic rings. The average Bonchev–Trinajstić information content (AvgIpc) is 2.16. The van der Waals surface area contributed by atoms with Crippen LogP contribution in [0.3, 0.4) is 0 Å². The third kappa shape index (κ3) is 2.75. The SMILES string of the molecule is C#CC(C)NS(=O)(=O)c1ccc(C)cc1N. The highest BCUT2D eigenvalue weighted by molar-refractivity contribution is 7.89. The van der Waals surface area contributed by atoms with Gasteiger partial charge < -0.3 is 5.73 Å². The van der Waals surface area contributed by atoms with E-state index in [9.17, 15) is 8.42 Å². The first-order chi connectivity index (χ1) is 7.36. The van der Waals surface area contributed by atoms with E-state index in [1.54, 1.807) is 19.1 Å². The van der Waals surface area contributed by atoms with Crippen LogP contribution in [-0.2, 0) is 10.0 Å². The van der Waals surface area contributed by atoms with Gasteiger partial charge in [0, 0.05) is 0 Å². The van der Waals surface area contributed by atoms with Crippen LogP contribution >= 0.6 is 0 Å². The van der Waals surface area contributed by atoms with Crippen LogP contribution < -0.4 is 10.5 Å². The largest absolute Gasteiger partial charge is 0.398 e. The van der Waals surface area contributed by atoms with Gasteiger partial charge in [-0.3, -0.25) is 0 Å². The quantitative estimate of drug-likeness (QED) is 0.606. The van der Waals surface area contributed by atoms with Crippen LogP contribution in [0.5, 0.6) is 0 Å². The second-order valence-electron chi connectivity index (χ2n) is 3.55. The minimum atomic E-state index is -3.64. The molecule has 0 bridgehead atoms. The van der Waals surface area contributed by atoms with Gasteiger partial charge in [-0.2, -0.15) is 4.72 Å². The fraction of sp³-hybridized carbons (Fsp3) is 0.273. The van der Waals surface area contributed by atoms with Crippen molar-refractivity contribution in [3.8, 4) is 12.3 Å². The average molecular weight is 238 g/mol. The second kappa shape index (κ2) is 4.56. The van der Waals surface area contributed by atoms with E-state index in [2.05, 4.69) is 10.6 Å². The first kappa shape index (κ1) is 12.6. The smallest absolute Gasteiger partial charge is 0.243 e. The number of rotatable bonds is 3. The summed E-state index contributed by atoms with van der Waals surface area (Å²) in [6.07, 6.45) is 5.11. The summed E-state index contributed by atoms with van der Waals surface area (Å²) in [5.74, 6) is 2.29. The number of sulfonamides is 1. The lowest BCUT2D eigenvalue weighted by Gasteiger charge is -2.11. The summed E-state index contributed by atoms with van der Waals surface area (Å²) < 4.78 is 26.0. The molecule has 0 saturated carbocycles. The molecule has 0 amide bonds. The van der Waals surface area contributed by atoms with Gasteiger partial charge in [-0.15, -0.1) is 6.42 Å². The third-order valence-electron chi connectivity index (χ3n) is 2.04. The van der Waals surface area contributed by atoms with Gasteiger partial charge >= 0.3 is 0 Å². The molecule has 5 heteroatoms. The summed E-state index contributed by atoms with van der Waals surface area (Å²) in [6.45, 7) is 3.42. The minimum absolute atomic E-state index is 0.0557. The molecule has 1 aromatic carbocycles. The zero-order valence-electron chi connectivity index (χ0n) is 9.19. The van der Waals surface area contributed by atoms with E-state index < -0.39 is 16.1 Å². The summed E-state index contributed by atoms with van der Waals surface area (Å²) in [6, 6.07) is 4.20. The topological polar surface area (TPSA) is 72.2 Å². The van der Waals surface area contributed by atoms with Gasteiger partial charge in [-0.05, 0) is 31.5 Å². The number of nitrogen functional groups attached to an aromatic ring is 1. The second-order valence-corrected chi connectivity index (χ2v) is 5.23. The molecule has 1 rings (SSSR count). The maximum atomic E-state index is 11.8. The van der Waals surface area contributed by atoms with Crippen molar-refractivity contribution in [2.45, 2.75) is 24.8 Å². The molecule has 0 fully saturated rings. The summed E-state index contributed by atoms with van der Waals surface area (Å²) in [5, 5.41) is 0. The van der Waals surface area contributed by atoms with Gasteiger partial charge in [0.25, 0.3) is 0 Å². The fourth-order valence-corrected chi connectivity index (χ4v) is 2.52. The Morgan fingerprint density at radius 2 is 2.12 bits per heavy atom. The van der Waals surface area contributed by atoms with Crippen molar-refractivity contribution >= 4 is 15.7 Å². The molecule has 1 aromatic rings. The van der Waals surface area contributed by atoms with Gasteiger partial charge in [0.1, 0.15) is 4.90 Å². The van der Waals surface area contributed by atoms with E-state index in [-0.39, 0.29) is 10.6 Å². The van der Waals surface area contributed by atoms with Crippen LogP contribution in [0.15, 0.2) is 23.1 Å². The number of nitrogens with one attached hydrogen (secondary N) is 1. The maximum absolute atomic E-state index is 11.8. The number of terminal acetylenes is 1. The zero-order chi connectivity index (χ0) is 12.3. The van der Waals surface area contributed by atoms with Gasteiger partial charge in [-0.1, -0.05) is 12.0 Å². The summed E-state index contributed by atoms with van der Waals surface area (Å²) in [5.41, 5.74) is 6.78.